The number of nitrogens with one attached hydrogen (secondary N) is 1. The van der Waals surface area contributed by atoms with E-state index in [9.17, 15) is 18.0 Å². The summed E-state index contributed by atoms with van der Waals surface area (Å²) in [5.74, 6) is 0.160. The highest BCUT2D eigenvalue weighted by atomic mass is 32.1. The Kier molecular flexibility index (Phi) is 5.25. The van der Waals surface area contributed by atoms with Crippen molar-refractivity contribution in [2.75, 3.05) is 22.2 Å². The molecule has 1 aliphatic rings. The number of alkyl halides is 3. The van der Waals surface area contributed by atoms with Crippen LogP contribution in [0.5, 0.6) is 0 Å². The number of aromatic nitrogens is 1. The monoisotopic (exact) mass is 469 g/mol. The van der Waals surface area contributed by atoms with Crippen LogP contribution in [0.4, 0.5) is 30.4 Å². The second-order valence-electron chi connectivity index (χ2n) is 7.97. The van der Waals surface area contributed by atoms with Crippen LogP contribution < -0.4 is 15.1 Å². The number of hydrogen-bond acceptors (Lipinski definition) is 5. The van der Waals surface area contributed by atoms with Gasteiger partial charge < -0.3 is 10.2 Å². The van der Waals surface area contributed by atoms with Gasteiger partial charge in [-0.25, -0.2) is 4.98 Å². The molecule has 6 nitrogen and oxygen atoms in total. The topological polar surface area (TPSA) is 72.3 Å². The standard InChI is InChI=1S/C23H18F3N5OS/c1-22(2)20(32)30(15-6-5-14(12-27)18(11-15)23(24,25)26)21(33)31(22)16-7-4-13-8-9-29-19(28-3)17(13)10-16/h4-11H,1-3H3,(H,28,29). The second-order valence-corrected chi connectivity index (χ2v) is 8.34. The number of benzene rings is 2. The first kappa shape index (κ1) is 22.5. The molecule has 0 atom stereocenters. The molecule has 168 valence electrons. The van der Waals surface area contributed by atoms with Crippen molar-refractivity contribution in [2.24, 2.45) is 0 Å². The predicted octanol–water partition coefficient (Wildman–Crippen LogP) is 5.08. The second kappa shape index (κ2) is 7.71. The maximum atomic E-state index is 13.5. The molecule has 2 aromatic carbocycles. The summed E-state index contributed by atoms with van der Waals surface area (Å²) in [6.45, 7) is 3.31. The molecule has 1 saturated heterocycles. The van der Waals surface area contributed by atoms with E-state index in [-0.39, 0.29) is 10.8 Å². The fraction of sp³-hybridized carbons (Fsp3) is 0.217. The van der Waals surface area contributed by atoms with Gasteiger partial charge in [-0.1, -0.05) is 6.07 Å². The zero-order valence-corrected chi connectivity index (χ0v) is 18.7. The van der Waals surface area contributed by atoms with E-state index in [4.69, 9.17) is 17.5 Å². The van der Waals surface area contributed by atoms with Crippen molar-refractivity contribution in [1.82, 2.24) is 4.98 Å². The Morgan fingerprint density at radius 1 is 1.12 bits per heavy atom. The summed E-state index contributed by atoms with van der Waals surface area (Å²) in [6, 6.07) is 12.0. The fourth-order valence-corrected chi connectivity index (χ4v) is 4.48. The Hall–Kier alpha value is -3.71. The lowest BCUT2D eigenvalue weighted by atomic mass is 10.0. The molecular formula is C23H18F3N5OS. The van der Waals surface area contributed by atoms with E-state index < -0.39 is 28.7 Å². The van der Waals surface area contributed by atoms with E-state index in [1.54, 1.807) is 44.1 Å². The molecule has 1 aromatic heterocycles. The zero-order chi connectivity index (χ0) is 24.1. The summed E-state index contributed by atoms with van der Waals surface area (Å²) < 4.78 is 40.5. The third-order valence-corrected chi connectivity index (χ3v) is 5.97. The normalized spacial score (nSPS) is 15.8. The highest BCUT2D eigenvalue weighted by Crippen LogP contribution is 2.40. The predicted molar refractivity (Wildman–Crippen MR) is 124 cm³/mol. The third kappa shape index (κ3) is 3.54. The maximum absolute atomic E-state index is 13.5. The van der Waals surface area contributed by atoms with Gasteiger partial charge in [0.2, 0.25) is 0 Å². The molecule has 0 aliphatic carbocycles. The molecule has 2 heterocycles. The number of halogens is 3. The van der Waals surface area contributed by atoms with Gasteiger partial charge >= 0.3 is 6.18 Å². The van der Waals surface area contributed by atoms with Crippen molar-refractivity contribution in [1.29, 1.82) is 5.26 Å². The van der Waals surface area contributed by atoms with E-state index in [1.807, 2.05) is 18.2 Å². The van der Waals surface area contributed by atoms with Crippen molar-refractivity contribution >= 4 is 51.2 Å². The average Bonchev–Trinajstić information content (AvgIpc) is 2.95. The van der Waals surface area contributed by atoms with Gasteiger partial charge in [0.05, 0.1) is 22.9 Å². The Morgan fingerprint density at radius 2 is 1.82 bits per heavy atom. The van der Waals surface area contributed by atoms with Gasteiger partial charge in [-0.2, -0.15) is 18.4 Å². The maximum Gasteiger partial charge on any atom is 0.417 e. The molecule has 0 unspecified atom stereocenters. The van der Waals surface area contributed by atoms with Gasteiger partial charge in [-0.05, 0) is 67.8 Å². The summed E-state index contributed by atoms with van der Waals surface area (Å²) in [5, 5.41) is 13.9. The molecule has 0 saturated carbocycles. The highest BCUT2D eigenvalue weighted by molar-refractivity contribution is 7.81. The number of nitriles is 1. The van der Waals surface area contributed by atoms with Gasteiger partial charge in [0.25, 0.3) is 5.91 Å². The molecule has 0 bridgehead atoms. The fourth-order valence-electron chi connectivity index (χ4n) is 3.95. The molecule has 1 amide bonds. The summed E-state index contributed by atoms with van der Waals surface area (Å²) in [7, 11) is 1.74. The number of fused-ring (bicyclic) bond motifs is 1. The summed E-state index contributed by atoms with van der Waals surface area (Å²) in [5.41, 5.74) is -2.27. The van der Waals surface area contributed by atoms with E-state index in [0.29, 0.717) is 11.5 Å². The lowest BCUT2D eigenvalue weighted by Crippen LogP contribution is -2.44. The number of amides is 1. The third-order valence-electron chi connectivity index (χ3n) is 5.60. The number of carbonyl (C=O) groups is 1. The number of thiocarbonyl (C=S) groups is 1. The minimum Gasteiger partial charge on any atom is -0.373 e. The Morgan fingerprint density at radius 3 is 2.45 bits per heavy atom. The molecule has 1 N–H and O–H groups in total. The number of hydrogen-bond donors (Lipinski definition) is 1. The quantitative estimate of drug-likeness (QED) is 0.539. The van der Waals surface area contributed by atoms with Gasteiger partial charge in [-0.15, -0.1) is 0 Å². The zero-order valence-electron chi connectivity index (χ0n) is 17.9. The number of anilines is 3. The average molecular weight is 469 g/mol. The first-order valence-corrected chi connectivity index (χ1v) is 10.3. The minimum atomic E-state index is -4.75. The SMILES string of the molecule is CNc1nccc2ccc(N3C(=S)N(c4ccc(C#N)c(C(F)(F)F)c4)C(=O)C3(C)C)cc12. The lowest BCUT2D eigenvalue weighted by molar-refractivity contribution is -0.137. The van der Waals surface area contributed by atoms with Crippen LogP contribution in [0.1, 0.15) is 25.0 Å². The van der Waals surface area contributed by atoms with Gasteiger partial charge in [0.1, 0.15) is 11.4 Å². The Bertz CT molecular complexity index is 1350. The molecular weight excluding hydrogens is 451 g/mol. The molecule has 1 fully saturated rings. The van der Waals surface area contributed by atoms with Gasteiger partial charge in [0.15, 0.2) is 5.11 Å². The molecule has 1 aliphatic heterocycles. The van der Waals surface area contributed by atoms with E-state index in [1.165, 1.54) is 6.07 Å². The minimum absolute atomic E-state index is 0.0390. The van der Waals surface area contributed by atoms with Gasteiger partial charge in [-0.3, -0.25) is 9.69 Å². The summed E-state index contributed by atoms with van der Waals surface area (Å²) >= 11 is 5.59. The number of pyridine rings is 1. The highest BCUT2D eigenvalue weighted by Gasteiger charge is 2.50. The van der Waals surface area contributed by atoms with Crippen LogP contribution in [0.15, 0.2) is 48.7 Å². The van der Waals surface area contributed by atoms with Gasteiger partial charge in [0, 0.05) is 24.3 Å². The number of carbonyl (C=O) groups excluding carboxylic acids is 1. The van der Waals surface area contributed by atoms with E-state index in [2.05, 4.69) is 10.3 Å². The molecule has 0 radical (unpaired) electrons. The summed E-state index contributed by atoms with van der Waals surface area (Å²) in [4.78, 5) is 20.3. The smallest absolute Gasteiger partial charge is 0.373 e. The van der Waals surface area contributed by atoms with Crippen molar-refractivity contribution < 1.29 is 18.0 Å². The lowest BCUT2D eigenvalue weighted by Gasteiger charge is -2.29. The van der Waals surface area contributed by atoms with Crippen molar-refractivity contribution in [3.05, 3.63) is 59.8 Å². The van der Waals surface area contributed by atoms with Crippen LogP contribution >= 0.6 is 12.2 Å². The Balaban J connectivity index is 1.84. The largest absolute Gasteiger partial charge is 0.417 e. The molecule has 4 rings (SSSR count). The number of nitrogens with zero attached hydrogens (tertiary/aromatic N) is 4. The number of rotatable bonds is 3. The van der Waals surface area contributed by atoms with Crippen molar-refractivity contribution in [3.8, 4) is 6.07 Å². The first-order chi connectivity index (χ1) is 15.5. The van der Waals surface area contributed by atoms with Crippen molar-refractivity contribution in [2.45, 2.75) is 25.6 Å². The van der Waals surface area contributed by atoms with E-state index >= 15 is 0 Å². The van der Waals surface area contributed by atoms with Crippen molar-refractivity contribution in [3.63, 3.8) is 0 Å². The van der Waals surface area contributed by atoms with Crippen LogP contribution in [0.2, 0.25) is 0 Å². The molecule has 33 heavy (non-hydrogen) atoms. The van der Waals surface area contributed by atoms with Crippen LogP contribution in [-0.4, -0.2) is 28.6 Å². The van der Waals surface area contributed by atoms with Crippen LogP contribution in [0.3, 0.4) is 0 Å². The molecule has 10 heteroatoms. The molecule has 3 aromatic rings. The Labute approximate surface area is 193 Å². The van der Waals surface area contributed by atoms with Crippen LogP contribution in [0.25, 0.3) is 10.8 Å². The van der Waals surface area contributed by atoms with Crippen LogP contribution in [-0.2, 0) is 11.0 Å². The first-order valence-electron chi connectivity index (χ1n) is 9.87. The molecule has 0 spiro atoms. The van der Waals surface area contributed by atoms with Crippen LogP contribution in [0, 0.1) is 11.3 Å². The van der Waals surface area contributed by atoms with E-state index in [0.717, 1.165) is 27.8 Å². The summed E-state index contributed by atoms with van der Waals surface area (Å²) in [6.07, 6.45) is -3.08.